The first-order valence-electron chi connectivity index (χ1n) is 8.48. The van der Waals surface area contributed by atoms with E-state index in [9.17, 15) is 4.79 Å². The highest BCUT2D eigenvalue weighted by molar-refractivity contribution is 5.95. The van der Waals surface area contributed by atoms with Crippen LogP contribution in [0.1, 0.15) is 27.0 Å². The molecule has 0 fully saturated rings. The molecule has 128 valence electrons. The van der Waals surface area contributed by atoms with Gasteiger partial charge in [0.15, 0.2) is 0 Å². The van der Waals surface area contributed by atoms with Crippen LogP contribution in [0.25, 0.3) is 0 Å². The SMILES string of the molecule is CN(Cc1cnn(C)c1)C(=O)c1ccccc1CCc1ccccc1. The lowest BCUT2D eigenvalue weighted by atomic mass is 9.99. The number of aryl methyl sites for hydroxylation is 3. The van der Waals surface area contributed by atoms with E-state index in [-0.39, 0.29) is 5.91 Å². The number of aromatic nitrogens is 2. The Morgan fingerprint density at radius 2 is 1.72 bits per heavy atom. The Kier molecular flexibility index (Phi) is 5.29. The Hall–Kier alpha value is -2.88. The van der Waals surface area contributed by atoms with Gasteiger partial charge in [-0.15, -0.1) is 0 Å². The van der Waals surface area contributed by atoms with Gasteiger partial charge in [0.2, 0.25) is 0 Å². The van der Waals surface area contributed by atoms with Crippen molar-refractivity contribution in [3.05, 3.63) is 89.2 Å². The van der Waals surface area contributed by atoms with Gasteiger partial charge in [-0.25, -0.2) is 0 Å². The molecule has 1 amide bonds. The van der Waals surface area contributed by atoms with Gasteiger partial charge in [0.05, 0.1) is 6.20 Å². The zero-order chi connectivity index (χ0) is 17.6. The molecular formula is C21H23N3O. The molecule has 1 aromatic heterocycles. The van der Waals surface area contributed by atoms with Crippen molar-refractivity contribution in [1.82, 2.24) is 14.7 Å². The van der Waals surface area contributed by atoms with Gasteiger partial charge in [0.25, 0.3) is 5.91 Å². The zero-order valence-electron chi connectivity index (χ0n) is 14.7. The number of benzene rings is 2. The summed E-state index contributed by atoms with van der Waals surface area (Å²) in [5, 5.41) is 4.16. The fraction of sp³-hybridized carbons (Fsp3) is 0.238. The fourth-order valence-corrected chi connectivity index (χ4v) is 2.98. The van der Waals surface area contributed by atoms with Gasteiger partial charge < -0.3 is 4.90 Å². The first-order chi connectivity index (χ1) is 12.1. The van der Waals surface area contributed by atoms with Crippen LogP contribution < -0.4 is 0 Å². The molecule has 1 heterocycles. The van der Waals surface area contributed by atoms with Gasteiger partial charge in [-0.3, -0.25) is 9.48 Å². The molecule has 4 heteroatoms. The third-order valence-electron chi connectivity index (χ3n) is 4.30. The van der Waals surface area contributed by atoms with E-state index in [0.717, 1.165) is 29.5 Å². The second-order valence-electron chi connectivity index (χ2n) is 6.33. The molecule has 2 aromatic carbocycles. The summed E-state index contributed by atoms with van der Waals surface area (Å²) in [6.45, 7) is 0.555. The number of carbonyl (C=O) groups excluding carboxylic acids is 1. The van der Waals surface area contributed by atoms with Crippen LogP contribution in [-0.4, -0.2) is 27.6 Å². The molecule has 3 aromatic rings. The maximum absolute atomic E-state index is 12.9. The average Bonchev–Trinajstić information content (AvgIpc) is 3.05. The fourth-order valence-electron chi connectivity index (χ4n) is 2.98. The lowest BCUT2D eigenvalue weighted by molar-refractivity contribution is 0.0784. The van der Waals surface area contributed by atoms with Gasteiger partial charge in [-0.05, 0) is 30.0 Å². The van der Waals surface area contributed by atoms with Crippen molar-refractivity contribution in [3.63, 3.8) is 0 Å². The lowest BCUT2D eigenvalue weighted by Gasteiger charge is -2.18. The predicted molar refractivity (Wildman–Crippen MR) is 99.3 cm³/mol. The number of rotatable bonds is 6. The monoisotopic (exact) mass is 333 g/mol. The molecule has 4 nitrogen and oxygen atoms in total. The van der Waals surface area contributed by atoms with E-state index in [4.69, 9.17) is 0 Å². The molecule has 0 bridgehead atoms. The van der Waals surface area contributed by atoms with E-state index in [2.05, 4.69) is 17.2 Å². The van der Waals surface area contributed by atoms with Crippen LogP contribution in [0.5, 0.6) is 0 Å². The quantitative estimate of drug-likeness (QED) is 0.693. The van der Waals surface area contributed by atoms with Crippen molar-refractivity contribution in [2.45, 2.75) is 19.4 Å². The summed E-state index contributed by atoms with van der Waals surface area (Å²) in [6, 6.07) is 18.3. The van der Waals surface area contributed by atoms with E-state index in [1.165, 1.54) is 5.56 Å². The number of hydrogen-bond donors (Lipinski definition) is 0. The minimum atomic E-state index is 0.0486. The highest BCUT2D eigenvalue weighted by Gasteiger charge is 2.16. The number of carbonyl (C=O) groups is 1. The van der Waals surface area contributed by atoms with E-state index < -0.39 is 0 Å². The van der Waals surface area contributed by atoms with Crippen molar-refractivity contribution >= 4 is 5.91 Å². The van der Waals surface area contributed by atoms with Crippen molar-refractivity contribution < 1.29 is 4.79 Å². The van der Waals surface area contributed by atoms with Gasteiger partial charge in [-0.1, -0.05) is 48.5 Å². The predicted octanol–water partition coefficient (Wildman–Crippen LogP) is 3.48. The highest BCUT2D eigenvalue weighted by atomic mass is 16.2. The minimum Gasteiger partial charge on any atom is -0.337 e. The molecule has 0 aliphatic heterocycles. The Morgan fingerprint density at radius 1 is 1.00 bits per heavy atom. The van der Waals surface area contributed by atoms with Crippen molar-refractivity contribution in [2.75, 3.05) is 7.05 Å². The van der Waals surface area contributed by atoms with Crippen LogP contribution in [0, 0.1) is 0 Å². The molecule has 0 aliphatic carbocycles. The van der Waals surface area contributed by atoms with Crippen LogP contribution >= 0.6 is 0 Å². The molecule has 0 spiro atoms. The standard InChI is InChI=1S/C21H23N3O/c1-23(15-18-14-22-24(2)16-18)21(25)20-11-7-6-10-19(20)13-12-17-8-4-3-5-9-17/h3-11,14,16H,12-13,15H2,1-2H3. The molecule has 0 unspecified atom stereocenters. The van der Waals surface area contributed by atoms with Crippen LogP contribution in [0.4, 0.5) is 0 Å². The van der Waals surface area contributed by atoms with Crippen LogP contribution in [0.2, 0.25) is 0 Å². The Labute approximate surface area is 148 Å². The molecule has 0 N–H and O–H groups in total. The molecule has 25 heavy (non-hydrogen) atoms. The molecule has 0 saturated heterocycles. The Morgan fingerprint density at radius 3 is 2.44 bits per heavy atom. The summed E-state index contributed by atoms with van der Waals surface area (Å²) in [7, 11) is 3.72. The number of nitrogens with zero attached hydrogens (tertiary/aromatic N) is 3. The normalized spacial score (nSPS) is 10.6. The van der Waals surface area contributed by atoms with E-state index in [1.807, 2.05) is 62.8 Å². The molecule has 0 aliphatic rings. The second kappa shape index (κ2) is 7.79. The van der Waals surface area contributed by atoms with E-state index in [0.29, 0.717) is 6.54 Å². The van der Waals surface area contributed by atoms with Gasteiger partial charge in [0, 0.05) is 38.0 Å². The van der Waals surface area contributed by atoms with E-state index in [1.54, 1.807) is 15.8 Å². The van der Waals surface area contributed by atoms with Crippen LogP contribution in [-0.2, 0) is 26.4 Å². The highest BCUT2D eigenvalue weighted by Crippen LogP contribution is 2.16. The van der Waals surface area contributed by atoms with Gasteiger partial charge in [-0.2, -0.15) is 5.10 Å². The summed E-state index contributed by atoms with van der Waals surface area (Å²) < 4.78 is 1.75. The lowest BCUT2D eigenvalue weighted by Crippen LogP contribution is -2.27. The summed E-state index contributed by atoms with van der Waals surface area (Å²) in [4.78, 5) is 14.6. The largest absolute Gasteiger partial charge is 0.337 e. The van der Waals surface area contributed by atoms with Crippen LogP contribution in [0.15, 0.2) is 67.0 Å². The van der Waals surface area contributed by atoms with Crippen molar-refractivity contribution in [3.8, 4) is 0 Å². The maximum atomic E-state index is 12.9. The topological polar surface area (TPSA) is 38.1 Å². The van der Waals surface area contributed by atoms with Gasteiger partial charge in [0.1, 0.15) is 0 Å². The second-order valence-corrected chi connectivity index (χ2v) is 6.33. The molecule has 0 saturated carbocycles. The zero-order valence-corrected chi connectivity index (χ0v) is 14.7. The van der Waals surface area contributed by atoms with Crippen molar-refractivity contribution in [1.29, 1.82) is 0 Å². The third-order valence-corrected chi connectivity index (χ3v) is 4.30. The third kappa shape index (κ3) is 4.35. The molecule has 3 rings (SSSR count). The van der Waals surface area contributed by atoms with Crippen LogP contribution in [0.3, 0.4) is 0 Å². The Bertz CT molecular complexity index is 839. The minimum absolute atomic E-state index is 0.0486. The first kappa shape index (κ1) is 17.0. The summed E-state index contributed by atoms with van der Waals surface area (Å²) >= 11 is 0. The summed E-state index contributed by atoms with van der Waals surface area (Å²) in [5.41, 5.74) is 4.19. The Balaban J connectivity index is 1.71. The van der Waals surface area contributed by atoms with E-state index >= 15 is 0 Å². The first-order valence-corrected chi connectivity index (χ1v) is 8.48. The van der Waals surface area contributed by atoms with Gasteiger partial charge >= 0.3 is 0 Å². The number of amides is 1. The average molecular weight is 333 g/mol. The smallest absolute Gasteiger partial charge is 0.254 e. The summed E-state index contributed by atoms with van der Waals surface area (Å²) in [5.74, 6) is 0.0486. The van der Waals surface area contributed by atoms with Crippen molar-refractivity contribution in [2.24, 2.45) is 7.05 Å². The molecule has 0 atom stereocenters. The maximum Gasteiger partial charge on any atom is 0.254 e. The number of hydrogen-bond acceptors (Lipinski definition) is 2. The summed E-state index contributed by atoms with van der Waals surface area (Å²) in [6.07, 6.45) is 5.51. The molecular weight excluding hydrogens is 310 g/mol. The molecule has 0 radical (unpaired) electrons.